The smallest absolute Gasteiger partial charge is 0.357 e. The number of halogens is 1. The van der Waals surface area contributed by atoms with Gasteiger partial charge >= 0.3 is 5.97 Å². The van der Waals surface area contributed by atoms with Crippen molar-refractivity contribution in [2.45, 2.75) is 44.8 Å². The largest absolute Gasteiger partial charge is 0.445 e. The Kier molecular flexibility index (Phi) is 8.04. The SMILES string of the molecule is CC(NC(=O)C(C)(C)OC(=O)c1ccccn1)C(Cc1ccc(Cl)cc1)c1cccc(C#N)c1. The first kappa shape index (κ1) is 24.9. The van der Waals surface area contributed by atoms with Gasteiger partial charge in [0.1, 0.15) is 5.69 Å². The number of nitriles is 1. The van der Waals surface area contributed by atoms with E-state index >= 15 is 0 Å². The molecule has 2 aromatic carbocycles. The predicted molar refractivity (Wildman–Crippen MR) is 130 cm³/mol. The van der Waals surface area contributed by atoms with Gasteiger partial charge in [-0.1, -0.05) is 41.9 Å². The van der Waals surface area contributed by atoms with Gasteiger partial charge in [-0.05, 0) is 74.7 Å². The van der Waals surface area contributed by atoms with Gasteiger partial charge in [0.05, 0.1) is 11.6 Å². The number of esters is 1. The Hall–Kier alpha value is -3.69. The lowest BCUT2D eigenvalue weighted by Gasteiger charge is -2.30. The van der Waals surface area contributed by atoms with Gasteiger partial charge < -0.3 is 10.1 Å². The molecule has 2 unspecified atom stereocenters. The van der Waals surface area contributed by atoms with Crippen molar-refractivity contribution in [2.24, 2.45) is 0 Å². The second-order valence-corrected chi connectivity index (χ2v) is 8.99. The van der Waals surface area contributed by atoms with Crippen LogP contribution in [0.4, 0.5) is 0 Å². The zero-order chi connectivity index (χ0) is 24.7. The molecule has 0 saturated heterocycles. The molecule has 0 aliphatic heterocycles. The minimum absolute atomic E-state index is 0.130. The second kappa shape index (κ2) is 11.0. The lowest BCUT2D eigenvalue weighted by molar-refractivity contribution is -0.138. The Morgan fingerprint density at radius 2 is 1.85 bits per heavy atom. The fourth-order valence-electron chi connectivity index (χ4n) is 3.59. The highest BCUT2D eigenvalue weighted by atomic mass is 35.5. The molecule has 0 aliphatic rings. The van der Waals surface area contributed by atoms with E-state index in [9.17, 15) is 14.9 Å². The molecule has 174 valence electrons. The first-order valence-corrected chi connectivity index (χ1v) is 11.3. The average molecular weight is 476 g/mol. The first-order valence-electron chi connectivity index (χ1n) is 10.9. The van der Waals surface area contributed by atoms with Crippen LogP contribution in [0.3, 0.4) is 0 Å². The highest BCUT2D eigenvalue weighted by molar-refractivity contribution is 6.30. The number of hydrogen-bond acceptors (Lipinski definition) is 5. The summed E-state index contributed by atoms with van der Waals surface area (Å²) < 4.78 is 5.47. The number of pyridine rings is 1. The summed E-state index contributed by atoms with van der Waals surface area (Å²) in [5, 5.41) is 13.0. The fraction of sp³-hybridized carbons (Fsp3) is 0.259. The van der Waals surface area contributed by atoms with Crippen LogP contribution >= 0.6 is 11.6 Å². The van der Waals surface area contributed by atoms with E-state index in [-0.39, 0.29) is 17.7 Å². The monoisotopic (exact) mass is 475 g/mol. The van der Waals surface area contributed by atoms with Crippen molar-refractivity contribution in [3.05, 3.63) is 100 Å². The Morgan fingerprint density at radius 3 is 2.50 bits per heavy atom. The van der Waals surface area contributed by atoms with Gasteiger partial charge in [-0.3, -0.25) is 4.79 Å². The number of hydrogen-bond donors (Lipinski definition) is 1. The van der Waals surface area contributed by atoms with E-state index < -0.39 is 17.5 Å². The van der Waals surface area contributed by atoms with Crippen LogP contribution in [-0.4, -0.2) is 28.5 Å². The van der Waals surface area contributed by atoms with Crippen molar-refractivity contribution in [3.63, 3.8) is 0 Å². The maximum atomic E-state index is 13.1. The van der Waals surface area contributed by atoms with Gasteiger partial charge in [0, 0.05) is 23.2 Å². The van der Waals surface area contributed by atoms with E-state index in [4.69, 9.17) is 16.3 Å². The van der Waals surface area contributed by atoms with Gasteiger partial charge in [-0.15, -0.1) is 0 Å². The number of benzene rings is 2. The molecule has 1 aromatic heterocycles. The van der Waals surface area contributed by atoms with Crippen molar-refractivity contribution < 1.29 is 14.3 Å². The lowest BCUT2D eigenvalue weighted by Crippen LogP contribution is -2.50. The topological polar surface area (TPSA) is 92.1 Å². The third-order valence-electron chi connectivity index (χ3n) is 5.54. The van der Waals surface area contributed by atoms with Gasteiger partial charge in [-0.25, -0.2) is 9.78 Å². The summed E-state index contributed by atoms with van der Waals surface area (Å²) in [5.74, 6) is -1.24. The minimum atomic E-state index is -1.41. The van der Waals surface area contributed by atoms with Crippen LogP contribution in [-0.2, 0) is 16.0 Å². The van der Waals surface area contributed by atoms with Gasteiger partial charge in [0.15, 0.2) is 5.60 Å². The van der Waals surface area contributed by atoms with Crippen molar-refractivity contribution in [1.29, 1.82) is 5.26 Å². The van der Waals surface area contributed by atoms with Crippen LogP contribution in [0.2, 0.25) is 5.02 Å². The number of carbonyl (C=O) groups is 2. The van der Waals surface area contributed by atoms with Crippen molar-refractivity contribution in [2.75, 3.05) is 0 Å². The highest BCUT2D eigenvalue weighted by Crippen LogP contribution is 2.27. The summed E-state index contributed by atoms with van der Waals surface area (Å²) in [6.07, 6.45) is 2.10. The molecule has 0 fully saturated rings. The highest BCUT2D eigenvalue weighted by Gasteiger charge is 2.35. The number of rotatable bonds is 8. The van der Waals surface area contributed by atoms with Crippen molar-refractivity contribution in [1.82, 2.24) is 10.3 Å². The fourth-order valence-corrected chi connectivity index (χ4v) is 3.72. The van der Waals surface area contributed by atoms with Crippen molar-refractivity contribution >= 4 is 23.5 Å². The molecule has 1 heterocycles. The van der Waals surface area contributed by atoms with Crippen LogP contribution in [0.15, 0.2) is 72.9 Å². The number of nitrogens with one attached hydrogen (secondary N) is 1. The molecule has 3 rings (SSSR count). The Bertz CT molecular complexity index is 1190. The van der Waals surface area contributed by atoms with Crippen LogP contribution in [0.25, 0.3) is 0 Å². The molecule has 0 radical (unpaired) electrons. The summed E-state index contributed by atoms with van der Waals surface area (Å²) in [5.41, 5.74) is 1.22. The zero-order valence-corrected chi connectivity index (χ0v) is 20.0. The average Bonchev–Trinajstić information content (AvgIpc) is 2.83. The summed E-state index contributed by atoms with van der Waals surface area (Å²) in [6.45, 7) is 4.98. The second-order valence-electron chi connectivity index (χ2n) is 8.55. The van der Waals surface area contributed by atoms with E-state index in [0.717, 1.165) is 11.1 Å². The standard InChI is InChI=1S/C27H26ClN3O3/c1-18(31-26(33)27(2,3)34-25(32)24-9-4-5-14-30-24)23(16-19-10-12-22(28)13-11-19)21-8-6-7-20(15-21)17-29/h4-15,18,23H,16H2,1-3H3,(H,31,33). The summed E-state index contributed by atoms with van der Waals surface area (Å²) in [7, 11) is 0. The molecule has 0 aliphatic carbocycles. The molecule has 34 heavy (non-hydrogen) atoms. The molecule has 0 bridgehead atoms. The third kappa shape index (κ3) is 6.43. The van der Waals surface area contributed by atoms with Crippen LogP contribution < -0.4 is 5.32 Å². The number of amides is 1. The summed E-state index contributed by atoms with van der Waals surface area (Å²) >= 11 is 6.03. The Morgan fingerprint density at radius 1 is 1.12 bits per heavy atom. The molecule has 7 heteroatoms. The molecule has 1 N–H and O–H groups in total. The minimum Gasteiger partial charge on any atom is -0.445 e. The Balaban J connectivity index is 1.80. The molecule has 0 spiro atoms. The number of ether oxygens (including phenoxy) is 1. The van der Waals surface area contributed by atoms with E-state index in [2.05, 4.69) is 16.4 Å². The van der Waals surface area contributed by atoms with E-state index in [1.807, 2.05) is 49.4 Å². The maximum absolute atomic E-state index is 13.1. The van der Waals surface area contributed by atoms with E-state index in [1.165, 1.54) is 12.3 Å². The number of carbonyl (C=O) groups excluding carboxylic acids is 2. The van der Waals surface area contributed by atoms with Crippen LogP contribution in [0.1, 0.15) is 53.9 Å². The maximum Gasteiger partial charge on any atom is 0.357 e. The van der Waals surface area contributed by atoms with Crippen molar-refractivity contribution in [3.8, 4) is 6.07 Å². The van der Waals surface area contributed by atoms with E-state index in [1.54, 1.807) is 32.0 Å². The molecular formula is C27H26ClN3O3. The number of aromatic nitrogens is 1. The molecule has 0 saturated carbocycles. The zero-order valence-electron chi connectivity index (χ0n) is 19.3. The van der Waals surface area contributed by atoms with Crippen LogP contribution in [0, 0.1) is 11.3 Å². The summed E-state index contributed by atoms with van der Waals surface area (Å²) in [4.78, 5) is 29.5. The van der Waals surface area contributed by atoms with Gasteiger partial charge in [-0.2, -0.15) is 5.26 Å². The van der Waals surface area contributed by atoms with Gasteiger partial charge in [0.25, 0.3) is 5.91 Å². The number of nitrogens with zero attached hydrogens (tertiary/aromatic N) is 2. The van der Waals surface area contributed by atoms with E-state index in [0.29, 0.717) is 17.0 Å². The third-order valence-corrected chi connectivity index (χ3v) is 5.80. The lowest BCUT2D eigenvalue weighted by atomic mass is 9.85. The summed E-state index contributed by atoms with van der Waals surface area (Å²) in [6, 6.07) is 21.6. The molecule has 2 atom stereocenters. The van der Waals surface area contributed by atoms with Gasteiger partial charge in [0.2, 0.25) is 0 Å². The molecule has 3 aromatic rings. The first-order chi connectivity index (χ1) is 16.2. The quantitative estimate of drug-likeness (QED) is 0.459. The predicted octanol–water partition coefficient (Wildman–Crippen LogP) is 5.07. The molecular weight excluding hydrogens is 450 g/mol. The molecule has 1 amide bonds. The normalized spacial score (nSPS) is 12.8. The molecule has 6 nitrogen and oxygen atoms in total. The Labute approximate surface area is 204 Å². The van der Waals surface area contributed by atoms with Crippen LogP contribution in [0.5, 0.6) is 0 Å².